The summed E-state index contributed by atoms with van der Waals surface area (Å²) in [7, 11) is -3.69. The quantitative estimate of drug-likeness (QED) is 0.752. The van der Waals surface area contributed by atoms with E-state index >= 15 is 0 Å². The molecule has 2 N–H and O–H groups in total. The van der Waals surface area contributed by atoms with Gasteiger partial charge in [0.1, 0.15) is 6.04 Å². The largest absolute Gasteiger partial charge is 0.480 e. The van der Waals surface area contributed by atoms with Gasteiger partial charge in [0.25, 0.3) is 10.2 Å². The van der Waals surface area contributed by atoms with Crippen LogP contribution in [0.15, 0.2) is 0 Å². The van der Waals surface area contributed by atoms with Crippen molar-refractivity contribution in [3.8, 4) is 0 Å². The molecule has 1 saturated heterocycles. The zero-order chi connectivity index (χ0) is 14.1. The summed E-state index contributed by atoms with van der Waals surface area (Å²) in [6.45, 7) is 0.678. The summed E-state index contributed by atoms with van der Waals surface area (Å²) in [5.41, 5.74) is 0. The van der Waals surface area contributed by atoms with Crippen molar-refractivity contribution < 1.29 is 18.3 Å². The third-order valence-corrected chi connectivity index (χ3v) is 6.85. The summed E-state index contributed by atoms with van der Waals surface area (Å²) in [6, 6.07) is -0.921. The van der Waals surface area contributed by atoms with Crippen LogP contribution in [0, 0.1) is 0 Å². The Hall–Kier alpha value is -0.310. The van der Waals surface area contributed by atoms with Crippen molar-refractivity contribution in [1.29, 1.82) is 0 Å². The van der Waals surface area contributed by atoms with Gasteiger partial charge in [0.05, 0.1) is 0 Å². The van der Waals surface area contributed by atoms with Crippen LogP contribution in [0.5, 0.6) is 0 Å². The fraction of sp³-hybridized carbons (Fsp3) is 0.909. The lowest BCUT2D eigenvalue weighted by Crippen LogP contribution is -2.53. The standard InChI is InChI=1S/C11H20N2O4S2/c1-18-11(5-6-11)8-12-19(16,17)13-7-3-2-4-9(13)10(14)15/h9,12H,2-8H2,1H3,(H,14,15). The van der Waals surface area contributed by atoms with Gasteiger partial charge in [-0.15, -0.1) is 0 Å². The summed E-state index contributed by atoms with van der Waals surface area (Å²) in [4.78, 5) is 11.1. The molecule has 1 heterocycles. The molecule has 0 amide bonds. The highest BCUT2D eigenvalue weighted by Gasteiger charge is 2.44. The molecule has 1 aliphatic heterocycles. The van der Waals surface area contributed by atoms with Gasteiger partial charge in [0.15, 0.2) is 0 Å². The molecular formula is C11H20N2O4S2. The van der Waals surface area contributed by atoms with Crippen molar-refractivity contribution in [3.63, 3.8) is 0 Å². The van der Waals surface area contributed by atoms with Gasteiger partial charge in [-0.1, -0.05) is 0 Å². The van der Waals surface area contributed by atoms with Crippen LogP contribution in [-0.4, -0.2) is 53.9 Å². The van der Waals surface area contributed by atoms with Crippen LogP contribution in [0.4, 0.5) is 0 Å². The van der Waals surface area contributed by atoms with E-state index < -0.39 is 22.2 Å². The van der Waals surface area contributed by atoms with Crippen LogP contribution in [0.3, 0.4) is 0 Å². The lowest BCUT2D eigenvalue weighted by atomic mass is 10.1. The minimum absolute atomic E-state index is 0.0293. The summed E-state index contributed by atoms with van der Waals surface area (Å²) < 4.78 is 28.2. The molecule has 110 valence electrons. The fourth-order valence-electron chi connectivity index (χ4n) is 2.34. The Morgan fingerprint density at radius 2 is 2.16 bits per heavy atom. The Balaban J connectivity index is 2.02. The molecule has 6 nitrogen and oxygen atoms in total. The minimum atomic E-state index is -3.69. The third-order valence-electron chi connectivity index (χ3n) is 3.86. The number of nitrogens with one attached hydrogen (secondary N) is 1. The van der Waals surface area contributed by atoms with E-state index in [0.29, 0.717) is 19.5 Å². The van der Waals surface area contributed by atoms with Crippen LogP contribution in [-0.2, 0) is 15.0 Å². The molecule has 1 atom stereocenters. The molecule has 1 saturated carbocycles. The molecule has 0 aromatic heterocycles. The van der Waals surface area contributed by atoms with Gasteiger partial charge in [0, 0.05) is 17.8 Å². The Kier molecular flexibility index (Phi) is 4.44. The summed E-state index contributed by atoms with van der Waals surface area (Å²) in [5, 5.41) is 9.12. The molecule has 1 unspecified atom stereocenters. The monoisotopic (exact) mass is 308 g/mol. The highest BCUT2D eigenvalue weighted by molar-refractivity contribution is 8.00. The Morgan fingerprint density at radius 3 is 2.68 bits per heavy atom. The molecule has 19 heavy (non-hydrogen) atoms. The van der Waals surface area contributed by atoms with Crippen LogP contribution < -0.4 is 4.72 Å². The first-order chi connectivity index (χ1) is 8.90. The van der Waals surface area contributed by atoms with Crippen molar-refractivity contribution in [2.45, 2.75) is 42.9 Å². The number of hydrogen-bond donors (Lipinski definition) is 2. The first kappa shape index (κ1) is 15.1. The van der Waals surface area contributed by atoms with E-state index in [4.69, 9.17) is 5.11 Å². The summed E-state index contributed by atoms with van der Waals surface area (Å²) in [5.74, 6) is -1.06. The molecule has 0 aromatic rings. The molecule has 0 spiro atoms. The summed E-state index contributed by atoms with van der Waals surface area (Å²) in [6.07, 6.45) is 5.88. The SMILES string of the molecule is CSC1(CNS(=O)(=O)N2CCCCC2C(=O)O)CC1. The third kappa shape index (κ3) is 3.42. The van der Waals surface area contributed by atoms with Crippen molar-refractivity contribution in [1.82, 2.24) is 9.03 Å². The van der Waals surface area contributed by atoms with Gasteiger partial charge in [-0.25, -0.2) is 4.72 Å². The normalized spacial score (nSPS) is 27.1. The van der Waals surface area contributed by atoms with E-state index in [9.17, 15) is 13.2 Å². The zero-order valence-electron chi connectivity index (χ0n) is 11.0. The van der Waals surface area contributed by atoms with Gasteiger partial charge in [0.2, 0.25) is 0 Å². The lowest BCUT2D eigenvalue weighted by Gasteiger charge is -2.32. The van der Waals surface area contributed by atoms with E-state index in [1.807, 2.05) is 6.26 Å². The first-order valence-electron chi connectivity index (χ1n) is 6.45. The number of nitrogens with zero attached hydrogens (tertiary/aromatic N) is 1. The van der Waals surface area contributed by atoms with Crippen molar-refractivity contribution in [2.75, 3.05) is 19.3 Å². The molecular weight excluding hydrogens is 288 g/mol. The number of carbonyl (C=O) groups is 1. The highest BCUT2D eigenvalue weighted by atomic mass is 32.2. The van der Waals surface area contributed by atoms with E-state index in [-0.39, 0.29) is 4.75 Å². The van der Waals surface area contributed by atoms with Gasteiger partial charge < -0.3 is 5.11 Å². The number of carboxylic acids is 1. The second kappa shape index (κ2) is 5.59. The molecule has 0 aromatic carbocycles. The van der Waals surface area contributed by atoms with Gasteiger partial charge in [-0.3, -0.25) is 4.79 Å². The minimum Gasteiger partial charge on any atom is -0.480 e. The predicted molar refractivity (Wildman–Crippen MR) is 74.4 cm³/mol. The molecule has 1 aliphatic carbocycles. The second-order valence-electron chi connectivity index (χ2n) is 5.17. The van der Waals surface area contributed by atoms with Crippen molar-refractivity contribution >= 4 is 27.9 Å². The van der Waals surface area contributed by atoms with Crippen molar-refractivity contribution in [3.05, 3.63) is 0 Å². The average Bonchev–Trinajstić information content (AvgIpc) is 3.17. The molecule has 0 radical (unpaired) electrons. The molecule has 0 bridgehead atoms. The van der Waals surface area contributed by atoms with E-state index in [2.05, 4.69) is 4.72 Å². The number of hydrogen-bond acceptors (Lipinski definition) is 4. The van der Waals surface area contributed by atoms with E-state index in [0.717, 1.165) is 30.0 Å². The maximum absolute atomic E-state index is 12.2. The lowest BCUT2D eigenvalue weighted by molar-refractivity contribution is -0.142. The van der Waals surface area contributed by atoms with Gasteiger partial charge >= 0.3 is 5.97 Å². The number of carboxylic acid groups (broad SMARTS) is 1. The Labute approximate surface area is 118 Å². The Bertz CT molecular complexity index is 448. The smallest absolute Gasteiger partial charge is 0.322 e. The van der Waals surface area contributed by atoms with E-state index in [1.165, 1.54) is 0 Å². The number of piperidine rings is 1. The van der Waals surface area contributed by atoms with E-state index in [1.54, 1.807) is 11.8 Å². The molecule has 2 rings (SSSR count). The average molecular weight is 308 g/mol. The summed E-state index contributed by atoms with van der Waals surface area (Å²) >= 11 is 1.67. The first-order valence-corrected chi connectivity index (χ1v) is 9.11. The highest BCUT2D eigenvalue weighted by Crippen LogP contribution is 2.46. The fourth-order valence-corrected chi connectivity index (χ4v) is 4.68. The van der Waals surface area contributed by atoms with Crippen LogP contribution >= 0.6 is 11.8 Å². The van der Waals surface area contributed by atoms with Gasteiger partial charge in [-0.05, 0) is 38.4 Å². The number of thioether (sulfide) groups is 1. The van der Waals surface area contributed by atoms with Crippen LogP contribution in [0.1, 0.15) is 32.1 Å². The maximum atomic E-state index is 12.2. The van der Waals surface area contributed by atoms with Crippen LogP contribution in [0.2, 0.25) is 0 Å². The number of aliphatic carboxylic acids is 1. The second-order valence-corrected chi connectivity index (χ2v) is 8.16. The van der Waals surface area contributed by atoms with Gasteiger partial charge in [-0.2, -0.15) is 24.5 Å². The van der Waals surface area contributed by atoms with Crippen LogP contribution in [0.25, 0.3) is 0 Å². The molecule has 2 aliphatic rings. The number of rotatable bonds is 6. The molecule has 2 fully saturated rings. The zero-order valence-corrected chi connectivity index (χ0v) is 12.6. The maximum Gasteiger partial charge on any atom is 0.322 e. The van der Waals surface area contributed by atoms with Crippen molar-refractivity contribution in [2.24, 2.45) is 0 Å². The topological polar surface area (TPSA) is 86.7 Å². The Morgan fingerprint density at radius 1 is 1.47 bits per heavy atom. The predicted octanol–water partition coefficient (Wildman–Crippen LogP) is 0.655. The molecule has 8 heteroatoms.